The van der Waals surface area contributed by atoms with Crippen molar-refractivity contribution < 1.29 is 27.5 Å². The molecule has 2 aliphatic carbocycles. The summed E-state index contributed by atoms with van der Waals surface area (Å²) in [6.45, 7) is 5.87. The maximum absolute atomic E-state index is 13.6. The van der Waals surface area contributed by atoms with Crippen molar-refractivity contribution in [3.8, 4) is 0 Å². The van der Waals surface area contributed by atoms with Gasteiger partial charge < -0.3 is 10.1 Å². The molecule has 2 aliphatic rings. The molecule has 1 heterocycles. The molecule has 230 valence electrons. The largest absolute Gasteiger partial charge is 0.458 e. The molecule has 1 aromatic heterocycles. The lowest BCUT2D eigenvalue weighted by Crippen LogP contribution is -2.57. The topological polar surface area (TPSA) is 73.2 Å². The fourth-order valence-electron chi connectivity index (χ4n) is 6.88. The first-order valence-corrected chi connectivity index (χ1v) is 15.1. The summed E-state index contributed by atoms with van der Waals surface area (Å²) in [5.74, 6) is -0.539. The predicted molar refractivity (Wildman–Crippen MR) is 161 cm³/mol. The Labute approximate surface area is 254 Å². The minimum Gasteiger partial charge on any atom is -0.458 e. The number of carbonyl (C=O) groups excluding carboxylic acids is 2. The second-order valence-corrected chi connectivity index (χ2v) is 12.7. The SMILES string of the molecule is CC(OC(=O)C1CC2(CC(NC(=O)c3nn(C(C)C)c4cccc(Cc5ccc(C(F)(F)F)cc5)c34)C2)C1)c1ccccc1. The Kier molecular flexibility index (Phi) is 7.76. The van der Waals surface area contributed by atoms with E-state index in [1.807, 2.05) is 74.0 Å². The molecule has 6 nitrogen and oxygen atoms in total. The number of nitrogens with zero attached hydrogens (tertiary/aromatic N) is 2. The van der Waals surface area contributed by atoms with Crippen molar-refractivity contribution in [3.05, 3.63) is 101 Å². The molecule has 1 atom stereocenters. The van der Waals surface area contributed by atoms with E-state index in [-0.39, 0.29) is 41.4 Å². The number of benzene rings is 3. The normalized spacial score (nSPS) is 22.0. The summed E-state index contributed by atoms with van der Waals surface area (Å²) in [4.78, 5) is 26.4. The molecule has 1 unspecified atom stereocenters. The number of fused-ring (bicyclic) bond motifs is 1. The van der Waals surface area contributed by atoms with E-state index in [0.717, 1.165) is 54.5 Å². The van der Waals surface area contributed by atoms with Gasteiger partial charge in [-0.1, -0.05) is 54.6 Å². The summed E-state index contributed by atoms with van der Waals surface area (Å²) < 4.78 is 46.7. The highest BCUT2D eigenvalue weighted by molar-refractivity contribution is 6.06. The van der Waals surface area contributed by atoms with Gasteiger partial charge in [0, 0.05) is 17.5 Å². The number of ether oxygens (including phenoxy) is 1. The molecule has 2 saturated carbocycles. The number of hydrogen-bond donors (Lipinski definition) is 1. The standard InChI is InChI=1S/C35H36F3N3O3/c1-21(2)41-29-11-7-10-25(16-23-12-14-27(15-13-23)35(36,37)38)30(29)31(40-41)32(42)39-28-19-34(20-28)17-26(18-34)33(43)44-22(3)24-8-5-4-6-9-24/h4-15,21-22,26,28H,16-20H2,1-3H3,(H,39,42). The van der Waals surface area contributed by atoms with Gasteiger partial charge in [-0.15, -0.1) is 0 Å². The zero-order valence-corrected chi connectivity index (χ0v) is 25.0. The van der Waals surface area contributed by atoms with Gasteiger partial charge in [0.15, 0.2) is 5.69 Å². The van der Waals surface area contributed by atoms with Crippen LogP contribution in [0.2, 0.25) is 0 Å². The Hall–Kier alpha value is -4.14. The smallest absolute Gasteiger partial charge is 0.416 e. The summed E-state index contributed by atoms with van der Waals surface area (Å²) in [7, 11) is 0. The third-order valence-electron chi connectivity index (χ3n) is 9.15. The van der Waals surface area contributed by atoms with Gasteiger partial charge in [0.05, 0.1) is 17.0 Å². The lowest BCUT2D eigenvalue weighted by molar-refractivity contribution is -0.167. The predicted octanol–water partition coefficient (Wildman–Crippen LogP) is 7.82. The lowest BCUT2D eigenvalue weighted by atomic mass is 9.50. The lowest BCUT2D eigenvalue weighted by Gasteiger charge is -2.57. The zero-order chi connectivity index (χ0) is 31.2. The van der Waals surface area contributed by atoms with E-state index in [1.165, 1.54) is 12.1 Å². The van der Waals surface area contributed by atoms with Crippen LogP contribution < -0.4 is 5.32 Å². The van der Waals surface area contributed by atoms with E-state index in [0.29, 0.717) is 23.1 Å². The van der Waals surface area contributed by atoms with Gasteiger partial charge in [-0.3, -0.25) is 14.3 Å². The molecular weight excluding hydrogens is 567 g/mol. The number of amides is 1. The Morgan fingerprint density at radius 1 is 0.955 bits per heavy atom. The molecule has 1 amide bonds. The van der Waals surface area contributed by atoms with Crippen LogP contribution in [-0.4, -0.2) is 27.7 Å². The molecule has 4 aromatic rings. The van der Waals surface area contributed by atoms with E-state index in [9.17, 15) is 22.8 Å². The van der Waals surface area contributed by atoms with Gasteiger partial charge in [0.1, 0.15) is 6.10 Å². The minimum atomic E-state index is -4.40. The number of aromatic nitrogens is 2. The van der Waals surface area contributed by atoms with Gasteiger partial charge in [0.2, 0.25) is 0 Å². The number of rotatable bonds is 8. The third kappa shape index (κ3) is 5.84. The zero-order valence-electron chi connectivity index (χ0n) is 25.0. The van der Waals surface area contributed by atoms with Crippen molar-refractivity contribution in [1.29, 1.82) is 0 Å². The summed E-state index contributed by atoms with van der Waals surface area (Å²) in [5.41, 5.74) is 3.01. The number of alkyl halides is 3. The average molecular weight is 604 g/mol. The third-order valence-corrected chi connectivity index (χ3v) is 9.15. The molecule has 3 aromatic carbocycles. The fraction of sp³-hybridized carbons (Fsp3) is 0.400. The van der Waals surface area contributed by atoms with Crippen molar-refractivity contribution in [2.45, 2.75) is 77.2 Å². The summed E-state index contributed by atoms with van der Waals surface area (Å²) in [5, 5.41) is 8.57. The van der Waals surface area contributed by atoms with Crippen LogP contribution in [0.5, 0.6) is 0 Å². The van der Waals surface area contributed by atoms with E-state index in [4.69, 9.17) is 9.84 Å². The van der Waals surface area contributed by atoms with E-state index < -0.39 is 11.7 Å². The molecule has 1 N–H and O–H groups in total. The fourth-order valence-corrected chi connectivity index (χ4v) is 6.88. The summed E-state index contributed by atoms with van der Waals surface area (Å²) >= 11 is 0. The average Bonchev–Trinajstić information content (AvgIpc) is 3.35. The molecule has 0 aliphatic heterocycles. The van der Waals surface area contributed by atoms with Gasteiger partial charge in [-0.05, 0) is 93.2 Å². The van der Waals surface area contributed by atoms with Crippen LogP contribution in [0.25, 0.3) is 10.9 Å². The first kappa shape index (κ1) is 29.9. The highest BCUT2D eigenvalue weighted by Crippen LogP contribution is 2.59. The monoisotopic (exact) mass is 603 g/mol. The summed E-state index contributed by atoms with van der Waals surface area (Å²) in [6, 6.07) is 20.5. The molecular formula is C35H36F3N3O3. The Morgan fingerprint density at radius 3 is 2.27 bits per heavy atom. The second-order valence-electron chi connectivity index (χ2n) is 12.7. The van der Waals surface area contributed by atoms with Crippen molar-refractivity contribution in [1.82, 2.24) is 15.1 Å². The molecule has 6 rings (SSSR count). The van der Waals surface area contributed by atoms with Gasteiger partial charge in [0.25, 0.3) is 5.91 Å². The second kappa shape index (κ2) is 11.4. The first-order chi connectivity index (χ1) is 20.9. The first-order valence-electron chi connectivity index (χ1n) is 15.1. The maximum Gasteiger partial charge on any atom is 0.416 e. The number of halogens is 3. The van der Waals surface area contributed by atoms with Crippen molar-refractivity contribution in [3.63, 3.8) is 0 Å². The van der Waals surface area contributed by atoms with Gasteiger partial charge in [-0.2, -0.15) is 18.3 Å². The van der Waals surface area contributed by atoms with Crippen molar-refractivity contribution in [2.75, 3.05) is 0 Å². The van der Waals surface area contributed by atoms with Crippen LogP contribution in [0.1, 0.15) is 91.3 Å². The number of hydrogen-bond acceptors (Lipinski definition) is 4. The number of esters is 1. The van der Waals surface area contributed by atoms with Crippen LogP contribution in [-0.2, 0) is 22.1 Å². The van der Waals surface area contributed by atoms with Crippen LogP contribution >= 0.6 is 0 Å². The minimum absolute atomic E-state index is 0.00335. The van der Waals surface area contributed by atoms with Gasteiger partial charge in [-0.25, -0.2) is 0 Å². The van der Waals surface area contributed by atoms with E-state index in [1.54, 1.807) is 0 Å². The number of carbonyl (C=O) groups is 2. The van der Waals surface area contributed by atoms with Crippen LogP contribution in [0.4, 0.5) is 13.2 Å². The van der Waals surface area contributed by atoms with Crippen LogP contribution in [0.3, 0.4) is 0 Å². The maximum atomic E-state index is 13.6. The molecule has 0 saturated heterocycles. The Morgan fingerprint density at radius 2 is 1.64 bits per heavy atom. The Balaban J connectivity index is 1.11. The molecule has 0 bridgehead atoms. The molecule has 1 spiro atoms. The highest BCUT2D eigenvalue weighted by Gasteiger charge is 2.55. The van der Waals surface area contributed by atoms with Crippen molar-refractivity contribution in [2.24, 2.45) is 11.3 Å². The molecule has 2 fully saturated rings. The number of nitrogens with one attached hydrogen (secondary N) is 1. The highest BCUT2D eigenvalue weighted by atomic mass is 19.4. The van der Waals surface area contributed by atoms with E-state index in [2.05, 4.69) is 5.32 Å². The molecule has 44 heavy (non-hydrogen) atoms. The van der Waals surface area contributed by atoms with E-state index >= 15 is 0 Å². The van der Waals surface area contributed by atoms with Crippen molar-refractivity contribution >= 4 is 22.8 Å². The van der Waals surface area contributed by atoms with Crippen LogP contribution in [0, 0.1) is 11.3 Å². The molecule has 9 heteroatoms. The summed E-state index contributed by atoms with van der Waals surface area (Å²) in [6.07, 6.45) is -1.18. The van der Waals surface area contributed by atoms with Crippen LogP contribution in [0.15, 0.2) is 72.8 Å². The van der Waals surface area contributed by atoms with Gasteiger partial charge >= 0.3 is 12.1 Å². The molecule has 0 radical (unpaired) electrons. The quantitative estimate of drug-likeness (QED) is 0.209. The Bertz CT molecular complexity index is 1660.